The Hall–Kier alpha value is -3.00. The van der Waals surface area contributed by atoms with Crippen LogP contribution < -0.4 is 10.6 Å². The molecule has 0 saturated heterocycles. The maximum Gasteiger partial charge on any atom is 0.408 e. The SMILES string of the molecule is CCCN(C(=O)C(CS)NC(=O)OC(C)(C)C)C(C(=O)Nc1c(C)cccc1C)c1ccccc1. The zero-order chi connectivity index (χ0) is 26.2. The molecular formula is C27H37N3O4S. The van der Waals surface area contributed by atoms with Crippen molar-refractivity contribution in [1.29, 1.82) is 0 Å². The van der Waals surface area contributed by atoms with E-state index < -0.39 is 29.7 Å². The van der Waals surface area contributed by atoms with Gasteiger partial charge in [-0.15, -0.1) is 0 Å². The fourth-order valence-corrected chi connectivity index (χ4v) is 4.00. The molecule has 0 aliphatic rings. The van der Waals surface area contributed by atoms with Gasteiger partial charge in [-0.3, -0.25) is 9.59 Å². The summed E-state index contributed by atoms with van der Waals surface area (Å²) in [4.78, 5) is 41.3. The van der Waals surface area contributed by atoms with Gasteiger partial charge in [-0.1, -0.05) is 55.5 Å². The third-order valence-electron chi connectivity index (χ3n) is 5.32. The van der Waals surface area contributed by atoms with Crippen LogP contribution in [0.1, 0.15) is 56.8 Å². The average molecular weight is 500 g/mol. The lowest BCUT2D eigenvalue weighted by molar-refractivity contribution is -0.140. The summed E-state index contributed by atoms with van der Waals surface area (Å²) in [5.74, 6) is -0.679. The first-order valence-corrected chi connectivity index (χ1v) is 12.4. The molecule has 0 aliphatic heterocycles. The Morgan fingerprint density at radius 1 is 1.00 bits per heavy atom. The highest BCUT2D eigenvalue weighted by molar-refractivity contribution is 7.80. The van der Waals surface area contributed by atoms with E-state index in [9.17, 15) is 14.4 Å². The molecule has 0 saturated carbocycles. The number of alkyl carbamates (subject to hydrolysis) is 1. The summed E-state index contributed by atoms with van der Waals surface area (Å²) >= 11 is 4.30. The predicted octanol–water partition coefficient (Wildman–Crippen LogP) is 5.04. The molecule has 0 aromatic heterocycles. The fraction of sp³-hybridized carbons (Fsp3) is 0.444. The van der Waals surface area contributed by atoms with E-state index in [1.54, 1.807) is 20.8 Å². The number of carbonyl (C=O) groups excluding carboxylic acids is 3. The number of nitrogens with zero attached hydrogens (tertiary/aromatic N) is 1. The molecule has 0 heterocycles. The fourth-order valence-electron chi connectivity index (χ4n) is 3.75. The normalized spacial score (nSPS) is 12.9. The van der Waals surface area contributed by atoms with Gasteiger partial charge in [-0.25, -0.2) is 4.79 Å². The summed E-state index contributed by atoms with van der Waals surface area (Å²) in [7, 11) is 0. The highest BCUT2D eigenvalue weighted by atomic mass is 32.1. The van der Waals surface area contributed by atoms with E-state index in [4.69, 9.17) is 4.74 Å². The van der Waals surface area contributed by atoms with Crippen molar-refractivity contribution in [3.05, 3.63) is 65.2 Å². The van der Waals surface area contributed by atoms with Crippen molar-refractivity contribution >= 4 is 36.2 Å². The van der Waals surface area contributed by atoms with E-state index in [0.717, 1.165) is 16.8 Å². The maximum absolute atomic E-state index is 13.7. The van der Waals surface area contributed by atoms with Crippen LogP contribution in [0.5, 0.6) is 0 Å². The van der Waals surface area contributed by atoms with E-state index in [2.05, 4.69) is 23.3 Å². The van der Waals surface area contributed by atoms with Crippen LogP contribution in [0.4, 0.5) is 10.5 Å². The van der Waals surface area contributed by atoms with Gasteiger partial charge >= 0.3 is 6.09 Å². The number of anilines is 1. The standard InChI is InChI=1S/C27H37N3O4S/c1-7-16-30(25(32)21(17-35)28-26(33)34-27(4,5)6)23(20-14-9-8-10-15-20)24(31)29-22-18(2)12-11-13-19(22)3/h8-15,21,23,35H,7,16-17H2,1-6H3,(H,28,33)(H,29,31). The number of nitrogens with one attached hydrogen (secondary N) is 2. The Morgan fingerprint density at radius 3 is 2.11 bits per heavy atom. The van der Waals surface area contributed by atoms with Crippen LogP contribution in [-0.2, 0) is 14.3 Å². The number of amides is 3. The molecule has 8 heteroatoms. The van der Waals surface area contributed by atoms with Crippen molar-refractivity contribution in [3.8, 4) is 0 Å². The van der Waals surface area contributed by atoms with Gasteiger partial charge in [0, 0.05) is 18.0 Å². The van der Waals surface area contributed by atoms with Crippen molar-refractivity contribution in [1.82, 2.24) is 10.2 Å². The minimum atomic E-state index is -0.959. The van der Waals surface area contributed by atoms with Gasteiger partial charge in [0.1, 0.15) is 17.7 Å². The summed E-state index contributed by atoms with van der Waals surface area (Å²) in [6.07, 6.45) is -0.0881. The summed E-state index contributed by atoms with van der Waals surface area (Å²) in [5.41, 5.74) is 2.54. The van der Waals surface area contributed by atoms with Crippen LogP contribution in [-0.4, -0.2) is 46.7 Å². The summed E-state index contributed by atoms with van der Waals surface area (Å²) in [6, 6.07) is 13.1. The molecule has 3 amide bonds. The van der Waals surface area contributed by atoms with Crippen LogP contribution in [0.15, 0.2) is 48.5 Å². The van der Waals surface area contributed by atoms with Crippen molar-refractivity contribution in [2.24, 2.45) is 0 Å². The topological polar surface area (TPSA) is 87.7 Å². The van der Waals surface area contributed by atoms with E-state index >= 15 is 0 Å². The first-order chi connectivity index (χ1) is 16.5. The predicted molar refractivity (Wildman–Crippen MR) is 143 cm³/mol. The van der Waals surface area contributed by atoms with E-state index in [1.165, 1.54) is 4.90 Å². The van der Waals surface area contributed by atoms with Crippen LogP contribution in [0, 0.1) is 13.8 Å². The van der Waals surface area contributed by atoms with Crippen LogP contribution >= 0.6 is 12.6 Å². The Bertz CT molecular complexity index is 1000. The molecule has 2 N–H and O–H groups in total. The van der Waals surface area contributed by atoms with E-state index in [0.29, 0.717) is 18.5 Å². The van der Waals surface area contributed by atoms with Gasteiger partial charge in [0.25, 0.3) is 5.91 Å². The van der Waals surface area contributed by atoms with Crippen molar-refractivity contribution in [2.75, 3.05) is 17.6 Å². The third-order valence-corrected chi connectivity index (χ3v) is 5.69. The molecule has 2 aromatic rings. The molecule has 0 fully saturated rings. The number of para-hydroxylation sites is 1. The van der Waals surface area contributed by atoms with E-state index in [1.807, 2.05) is 69.3 Å². The van der Waals surface area contributed by atoms with Crippen LogP contribution in [0.3, 0.4) is 0 Å². The Kier molecular flexibility index (Phi) is 10.2. The lowest BCUT2D eigenvalue weighted by atomic mass is 10.0. The monoisotopic (exact) mass is 499 g/mol. The third kappa shape index (κ3) is 8.02. The number of rotatable bonds is 9. The number of carbonyl (C=O) groups is 3. The molecule has 0 bridgehead atoms. The number of hydrogen-bond acceptors (Lipinski definition) is 5. The Morgan fingerprint density at radius 2 is 1.60 bits per heavy atom. The van der Waals surface area contributed by atoms with Gasteiger partial charge in [0.2, 0.25) is 5.91 Å². The second-order valence-corrected chi connectivity index (χ2v) is 9.85. The maximum atomic E-state index is 13.7. The highest BCUT2D eigenvalue weighted by Gasteiger charge is 2.35. The Balaban J connectivity index is 2.43. The molecule has 35 heavy (non-hydrogen) atoms. The number of benzene rings is 2. The first-order valence-electron chi connectivity index (χ1n) is 11.8. The highest BCUT2D eigenvalue weighted by Crippen LogP contribution is 2.27. The molecule has 0 radical (unpaired) electrons. The minimum absolute atomic E-state index is 0.0539. The summed E-state index contributed by atoms with van der Waals surface area (Å²) in [6.45, 7) is 11.3. The number of aryl methyl sites for hydroxylation is 2. The van der Waals surface area contributed by atoms with Gasteiger partial charge < -0.3 is 20.3 Å². The molecule has 190 valence electrons. The Labute approximate surface area is 214 Å². The van der Waals surface area contributed by atoms with E-state index in [-0.39, 0.29) is 11.7 Å². The molecule has 2 rings (SSSR count). The van der Waals surface area contributed by atoms with Gasteiger partial charge in [-0.2, -0.15) is 12.6 Å². The zero-order valence-corrected chi connectivity index (χ0v) is 22.3. The van der Waals surface area contributed by atoms with Gasteiger partial charge in [0.15, 0.2) is 0 Å². The second-order valence-electron chi connectivity index (χ2n) is 9.48. The molecule has 0 aliphatic carbocycles. The van der Waals surface area contributed by atoms with Crippen LogP contribution in [0.2, 0.25) is 0 Å². The first kappa shape index (κ1) is 28.2. The molecule has 2 aromatic carbocycles. The molecular weight excluding hydrogens is 462 g/mol. The second kappa shape index (κ2) is 12.6. The molecule has 0 spiro atoms. The molecule has 2 unspecified atom stereocenters. The van der Waals surface area contributed by atoms with Crippen molar-refractivity contribution in [3.63, 3.8) is 0 Å². The van der Waals surface area contributed by atoms with Crippen molar-refractivity contribution in [2.45, 2.75) is 65.6 Å². The summed E-state index contributed by atoms with van der Waals surface area (Å²) < 4.78 is 5.32. The smallest absolute Gasteiger partial charge is 0.408 e. The molecule has 7 nitrogen and oxygen atoms in total. The van der Waals surface area contributed by atoms with Crippen LogP contribution in [0.25, 0.3) is 0 Å². The number of thiol groups is 1. The lowest BCUT2D eigenvalue weighted by Gasteiger charge is -2.34. The number of hydrogen-bond donors (Lipinski definition) is 3. The van der Waals surface area contributed by atoms with Gasteiger partial charge in [0.05, 0.1) is 0 Å². The summed E-state index contributed by atoms with van der Waals surface area (Å²) in [5, 5.41) is 5.65. The largest absolute Gasteiger partial charge is 0.444 e. The minimum Gasteiger partial charge on any atom is -0.444 e. The van der Waals surface area contributed by atoms with Crippen molar-refractivity contribution < 1.29 is 19.1 Å². The lowest BCUT2D eigenvalue weighted by Crippen LogP contribution is -2.53. The van der Waals surface area contributed by atoms with Gasteiger partial charge in [-0.05, 0) is 57.7 Å². The molecule has 2 atom stereocenters. The quantitative estimate of drug-likeness (QED) is 0.422. The average Bonchev–Trinajstić information content (AvgIpc) is 2.78. The number of ether oxygens (including phenoxy) is 1. The zero-order valence-electron chi connectivity index (χ0n) is 21.4.